The van der Waals surface area contributed by atoms with E-state index in [9.17, 15) is 13.6 Å². The molecule has 78 valence electrons. The van der Waals surface area contributed by atoms with Crippen LogP contribution in [-0.2, 0) is 0 Å². The summed E-state index contributed by atoms with van der Waals surface area (Å²) >= 11 is 5.10. The molecule has 0 aliphatic rings. The van der Waals surface area contributed by atoms with Crippen molar-refractivity contribution in [2.75, 3.05) is 5.73 Å². The molecule has 0 aliphatic carbocycles. The zero-order valence-electron chi connectivity index (χ0n) is 7.17. The van der Waals surface area contributed by atoms with Gasteiger partial charge in [-0.05, 0) is 11.6 Å². The van der Waals surface area contributed by atoms with Crippen LogP contribution in [0.1, 0.15) is 27.9 Å². The van der Waals surface area contributed by atoms with Gasteiger partial charge in [0.1, 0.15) is 17.5 Å². The summed E-state index contributed by atoms with van der Waals surface area (Å²) in [6, 6.07) is 1.51. The minimum Gasteiger partial charge on any atom is -0.383 e. The predicted octanol–water partition coefficient (Wildman–Crippen LogP) is 1.85. The maximum Gasteiger partial charge on any atom is 0.266 e. The number of anilines is 1. The van der Waals surface area contributed by atoms with Gasteiger partial charge in [0.25, 0.3) is 11.7 Å². The van der Waals surface area contributed by atoms with E-state index in [1.807, 2.05) is 0 Å². The number of nitrogens with two attached hydrogens (primary N) is 1. The van der Waals surface area contributed by atoms with Crippen LogP contribution >= 0.6 is 11.6 Å². The molecule has 0 fully saturated rings. The highest BCUT2D eigenvalue weighted by Gasteiger charge is 2.23. The molecular formula is C8H4ClF2N3O. The number of rotatable bonds is 2. The lowest BCUT2D eigenvalue weighted by molar-refractivity contribution is 0.106. The molecule has 0 spiro atoms. The molecule has 1 aromatic rings. The molecule has 4 nitrogen and oxygen atoms in total. The van der Waals surface area contributed by atoms with Crippen LogP contribution in [-0.4, -0.2) is 10.2 Å². The van der Waals surface area contributed by atoms with Crippen LogP contribution in [0.2, 0.25) is 0 Å². The van der Waals surface area contributed by atoms with E-state index in [-0.39, 0.29) is 5.82 Å². The monoisotopic (exact) mass is 231 g/mol. The number of carbonyl (C=O) groups excluding carboxylic acids is 1. The fourth-order valence-corrected chi connectivity index (χ4v) is 1.23. The molecule has 15 heavy (non-hydrogen) atoms. The van der Waals surface area contributed by atoms with E-state index in [0.717, 1.165) is 6.20 Å². The molecule has 1 rings (SSSR count). The van der Waals surface area contributed by atoms with Gasteiger partial charge in [0.15, 0.2) is 0 Å². The fourth-order valence-electron chi connectivity index (χ4n) is 1.03. The minimum atomic E-state index is -2.94. The average molecular weight is 232 g/mol. The van der Waals surface area contributed by atoms with E-state index >= 15 is 0 Å². The topological polar surface area (TPSA) is 79.8 Å². The fraction of sp³-hybridized carbons (Fsp3) is 0.125. The van der Waals surface area contributed by atoms with Gasteiger partial charge in [-0.25, -0.2) is 13.8 Å². The molecule has 0 aromatic carbocycles. The van der Waals surface area contributed by atoms with Gasteiger partial charge < -0.3 is 5.73 Å². The van der Waals surface area contributed by atoms with Crippen LogP contribution in [0.3, 0.4) is 0 Å². The highest BCUT2D eigenvalue weighted by atomic mass is 35.5. The number of alkyl halides is 2. The molecule has 0 radical (unpaired) electrons. The van der Waals surface area contributed by atoms with Gasteiger partial charge in [-0.1, -0.05) is 0 Å². The number of nitrogen functional groups attached to an aromatic ring is 1. The molecule has 0 bridgehead atoms. The van der Waals surface area contributed by atoms with Crippen molar-refractivity contribution in [2.24, 2.45) is 0 Å². The highest BCUT2D eigenvalue weighted by molar-refractivity contribution is 6.68. The van der Waals surface area contributed by atoms with E-state index in [1.54, 1.807) is 0 Å². The van der Waals surface area contributed by atoms with Crippen LogP contribution in [0.4, 0.5) is 14.6 Å². The van der Waals surface area contributed by atoms with Gasteiger partial charge in [0.05, 0.1) is 5.56 Å². The zero-order valence-corrected chi connectivity index (χ0v) is 7.92. The van der Waals surface area contributed by atoms with Crippen molar-refractivity contribution < 1.29 is 13.6 Å². The maximum absolute atomic E-state index is 12.4. The summed E-state index contributed by atoms with van der Waals surface area (Å²) in [4.78, 5) is 14.3. The normalized spacial score (nSPS) is 10.1. The lowest BCUT2D eigenvalue weighted by Gasteiger charge is -2.07. The zero-order chi connectivity index (χ0) is 11.6. The van der Waals surface area contributed by atoms with E-state index in [4.69, 9.17) is 22.6 Å². The van der Waals surface area contributed by atoms with Crippen LogP contribution < -0.4 is 5.73 Å². The second-order valence-corrected chi connectivity index (χ2v) is 2.88. The van der Waals surface area contributed by atoms with Crippen molar-refractivity contribution in [3.8, 4) is 6.07 Å². The van der Waals surface area contributed by atoms with Crippen molar-refractivity contribution >= 4 is 22.7 Å². The summed E-state index contributed by atoms with van der Waals surface area (Å²) in [5.74, 6) is -0.300. The Morgan fingerprint density at radius 2 is 2.27 bits per heavy atom. The first kappa shape index (κ1) is 11.3. The van der Waals surface area contributed by atoms with Crippen LogP contribution in [0.5, 0.6) is 0 Å². The Morgan fingerprint density at radius 1 is 1.67 bits per heavy atom. The number of carbonyl (C=O) groups is 1. The third-order valence-corrected chi connectivity index (χ3v) is 1.87. The first-order chi connectivity index (χ1) is 6.99. The van der Waals surface area contributed by atoms with E-state index < -0.39 is 28.4 Å². The van der Waals surface area contributed by atoms with Gasteiger partial charge >= 0.3 is 0 Å². The number of hydrogen-bond acceptors (Lipinski definition) is 4. The molecule has 0 saturated heterocycles. The summed E-state index contributed by atoms with van der Waals surface area (Å²) < 4.78 is 24.9. The summed E-state index contributed by atoms with van der Waals surface area (Å²) in [5, 5.41) is 7.47. The van der Waals surface area contributed by atoms with Crippen molar-refractivity contribution in [1.29, 1.82) is 5.26 Å². The molecule has 0 unspecified atom stereocenters. The Morgan fingerprint density at radius 3 is 2.67 bits per heavy atom. The van der Waals surface area contributed by atoms with E-state index in [2.05, 4.69) is 4.98 Å². The smallest absolute Gasteiger partial charge is 0.266 e. The largest absolute Gasteiger partial charge is 0.383 e. The third-order valence-electron chi connectivity index (χ3n) is 1.68. The molecular weight excluding hydrogens is 228 g/mol. The molecule has 2 N–H and O–H groups in total. The molecule has 1 heterocycles. The van der Waals surface area contributed by atoms with Gasteiger partial charge in [-0.15, -0.1) is 0 Å². The predicted molar refractivity (Wildman–Crippen MR) is 48.5 cm³/mol. The number of nitriles is 1. The summed E-state index contributed by atoms with van der Waals surface area (Å²) in [6.07, 6.45) is -2.21. The van der Waals surface area contributed by atoms with Gasteiger partial charge in [0.2, 0.25) is 0 Å². The first-order valence-electron chi connectivity index (χ1n) is 3.65. The van der Waals surface area contributed by atoms with Gasteiger partial charge in [-0.2, -0.15) is 5.26 Å². The van der Waals surface area contributed by atoms with E-state index in [1.165, 1.54) is 6.07 Å². The molecule has 0 atom stereocenters. The Labute approximate surface area is 88.3 Å². The second-order valence-electron chi connectivity index (χ2n) is 2.53. The van der Waals surface area contributed by atoms with Crippen molar-refractivity contribution in [3.63, 3.8) is 0 Å². The quantitative estimate of drug-likeness (QED) is 0.788. The second kappa shape index (κ2) is 4.19. The molecule has 0 aliphatic heterocycles. The molecule has 1 aromatic heterocycles. The number of hydrogen-bond donors (Lipinski definition) is 1. The average Bonchev–Trinajstić information content (AvgIpc) is 2.16. The Kier molecular flexibility index (Phi) is 3.17. The van der Waals surface area contributed by atoms with Crippen LogP contribution in [0.15, 0.2) is 6.20 Å². The molecule has 0 saturated carbocycles. The number of halogens is 3. The van der Waals surface area contributed by atoms with Crippen LogP contribution in [0.25, 0.3) is 0 Å². The van der Waals surface area contributed by atoms with Crippen LogP contribution in [0, 0.1) is 11.3 Å². The molecule has 0 amide bonds. The Bertz CT molecular complexity index is 456. The minimum absolute atomic E-state index is 0.300. The Balaban J connectivity index is 3.58. The highest BCUT2D eigenvalue weighted by Crippen LogP contribution is 2.28. The maximum atomic E-state index is 12.4. The summed E-state index contributed by atoms with van der Waals surface area (Å²) in [6.45, 7) is 0. The first-order valence-corrected chi connectivity index (χ1v) is 4.03. The summed E-state index contributed by atoms with van der Waals surface area (Å²) in [7, 11) is 0. The SMILES string of the molecule is N#Cc1c(N)ncc(C(F)F)c1C(=O)Cl. The summed E-state index contributed by atoms with van der Waals surface area (Å²) in [5.41, 5.74) is 3.55. The Hall–Kier alpha value is -1.74. The van der Waals surface area contributed by atoms with Gasteiger partial charge in [-0.3, -0.25) is 4.79 Å². The van der Waals surface area contributed by atoms with Crippen molar-refractivity contribution in [1.82, 2.24) is 4.98 Å². The lowest BCUT2D eigenvalue weighted by atomic mass is 10.1. The molecule has 7 heteroatoms. The third kappa shape index (κ3) is 2.02. The van der Waals surface area contributed by atoms with E-state index in [0.29, 0.717) is 0 Å². The number of nitrogens with zero attached hydrogens (tertiary/aromatic N) is 2. The number of aromatic nitrogens is 1. The van der Waals surface area contributed by atoms with Crippen molar-refractivity contribution in [2.45, 2.75) is 6.43 Å². The van der Waals surface area contributed by atoms with Crippen molar-refractivity contribution in [3.05, 3.63) is 22.9 Å². The number of pyridine rings is 1. The standard InChI is InChI=1S/C8H4ClF2N3O/c9-6(15)5-3(1-12)8(13)14-2-4(5)7(10)11/h2,7H,(H2,13,14). The lowest BCUT2D eigenvalue weighted by Crippen LogP contribution is -2.07. The van der Waals surface area contributed by atoms with Gasteiger partial charge in [0, 0.05) is 11.8 Å².